The molecule has 0 heterocycles. The van der Waals surface area contributed by atoms with Crippen molar-refractivity contribution < 1.29 is 24.5 Å². The number of nitrogens with one attached hydrogen (secondary N) is 1. The summed E-state index contributed by atoms with van der Waals surface area (Å²) in [6.07, 6.45) is 91.1. The lowest BCUT2D eigenvalue weighted by Crippen LogP contribution is -2.45. The Kier molecular flexibility index (Phi) is 70.4. The molecule has 82 heavy (non-hydrogen) atoms. The van der Waals surface area contributed by atoms with Crippen LogP contribution in [0.4, 0.5) is 0 Å². The lowest BCUT2D eigenvalue weighted by Gasteiger charge is -2.22. The van der Waals surface area contributed by atoms with E-state index in [4.69, 9.17) is 4.74 Å². The lowest BCUT2D eigenvalue weighted by atomic mass is 10.0. The number of carbonyl (C=O) groups excluding carboxylic acids is 2. The zero-order valence-electron chi connectivity index (χ0n) is 55.8. The van der Waals surface area contributed by atoms with Crippen LogP contribution in [-0.2, 0) is 14.3 Å². The van der Waals surface area contributed by atoms with Crippen LogP contribution in [0.2, 0.25) is 0 Å². The summed E-state index contributed by atoms with van der Waals surface area (Å²) in [6, 6.07) is -0.538. The minimum Gasteiger partial charge on any atom is -0.466 e. The predicted octanol–water partition coefficient (Wildman–Crippen LogP) is 24.5. The second kappa shape index (κ2) is 71.8. The SMILES string of the molecule is CCCCCC/C=C\C/C=C\CCCCCCCC(=O)OCCCCCCCCCCCCCCCCCCCCCCCCCCCCCCCCCCC(=O)NC(CO)C(O)CCCCCCCCCCCCCCCCCCC. The topological polar surface area (TPSA) is 95.9 Å². The van der Waals surface area contributed by atoms with E-state index >= 15 is 0 Å². The van der Waals surface area contributed by atoms with Gasteiger partial charge in [0.25, 0.3) is 0 Å². The summed E-state index contributed by atoms with van der Waals surface area (Å²) in [6.45, 7) is 4.97. The molecule has 0 aromatic rings. The predicted molar refractivity (Wildman–Crippen MR) is 361 cm³/mol. The van der Waals surface area contributed by atoms with E-state index in [1.807, 2.05) is 0 Å². The van der Waals surface area contributed by atoms with Gasteiger partial charge in [-0.05, 0) is 57.8 Å². The second-order valence-electron chi connectivity index (χ2n) is 26.0. The van der Waals surface area contributed by atoms with Crippen LogP contribution in [0.25, 0.3) is 0 Å². The van der Waals surface area contributed by atoms with Gasteiger partial charge in [-0.15, -0.1) is 0 Å². The normalized spacial score (nSPS) is 12.6. The average Bonchev–Trinajstić information content (AvgIpc) is 3.48. The number of hydrogen-bond acceptors (Lipinski definition) is 5. The van der Waals surface area contributed by atoms with Crippen LogP contribution in [0.5, 0.6) is 0 Å². The Morgan fingerprint density at radius 3 is 0.939 bits per heavy atom. The molecule has 0 spiro atoms. The molecular formula is C76H147NO5. The van der Waals surface area contributed by atoms with Gasteiger partial charge in [-0.1, -0.05) is 378 Å². The Labute approximate surface area is 513 Å². The van der Waals surface area contributed by atoms with E-state index in [1.54, 1.807) is 0 Å². The van der Waals surface area contributed by atoms with E-state index in [2.05, 4.69) is 43.5 Å². The summed E-state index contributed by atoms with van der Waals surface area (Å²) in [7, 11) is 0. The van der Waals surface area contributed by atoms with Crippen LogP contribution in [0.3, 0.4) is 0 Å². The maximum Gasteiger partial charge on any atom is 0.305 e. The Morgan fingerprint density at radius 1 is 0.341 bits per heavy atom. The average molecular weight is 1160 g/mol. The molecule has 0 radical (unpaired) electrons. The number of carbonyl (C=O) groups is 2. The molecule has 2 atom stereocenters. The minimum absolute atomic E-state index is 0.00849. The molecule has 0 rings (SSSR count). The summed E-state index contributed by atoms with van der Waals surface area (Å²) < 4.78 is 5.50. The molecule has 1 amide bonds. The van der Waals surface area contributed by atoms with E-state index in [0.29, 0.717) is 25.9 Å². The van der Waals surface area contributed by atoms with Gasteiger partial charge in [0.1, 0.15) is 0 Å². The van der Waals surface area contributed by atoms with E-state index < -0.39 is 12.1 Å². The first-order valence-corrected chi connectivity index (χ1v) is 37.6. The molecule has 0 aliphatic carbocycles. The number of allylic oxidation sites excluding steroid dienone is 4. The number of amides is 1. The molecule has 0 aliphatic heterocycles. The Balaban J connectivity index is 3.32. The van der Waals surface area contributed by atoms with Crippen LogP contribution in [0, 0.1) is 0 Å². The smallest absolute Gasteiger partial charge is 0.305 e. The molecule has 0 fully saturated rings. The van der Waals surface area contributed by atoms with Crippen LogP contribution >= 0.6 is 0 Å². The highest BCUT2D eigenvalue weighted by molar-refractivity contribution is 5.76. The van der Waals surface area contributed by atoms with Gasteiger partial charge in [-0.25, -0.2) is 0 Å². The van der Waals surface area contributed by atoms with Crippen molar-refractivity contribution >= 4 is 11.9 Å². The standard InChI is InChI=1S/C76H147NO5/c1-3-5-7-9-11-13-15-17-19-37-40-44-48-52-56-60-64-68-74(79)73(72-78)77-75(80)69-65-61-57-53-49-45-41-38-35-33-31-29-27-25-23-21-22-24-26-28-30-32-34-36-39-43-47-51-55-59-63-67-71-82-76(81)70-66-62-58-54-50-46-42-20-18-16-14-12-10-8-6-4-2/h14,16,20,42,73-74,78-79H,3-13,15,17-19,21-41,43-72H2,1-2H3,(H,77,80)/b16-14-,42-20-. The maximum atomic E-state index is 12.5. The molecular weight excluding hydrogens is 1010 g/mol. The van der Waals surface area contributed by atoms with Gasteiger partial charge < -0.3 is 20.3 Å². The quantitative estimate of drug-likeness (QED) is 0.0320. The zero-order valence-corrected chi connectivity index (χ0v) is 55.8. The summed E-state index contributed by atoms with van der Waals surface area (Å²) in [4.78, 5) is 24.6. The van der Waals surface area contributed by atoms with Crippen molar-refractivity contribution in [2.75, 3.05) is 13.2 Å². The van der Waals surface area contributed by atoms with Gasteiger partial charge in [0.2, 0.25) is 5.91 Å². The molecule has 3 N–H and O–H groups in total. The molecule has 6 nitrogen and oxygen atoms in total. The lowest BCUT2D eigenvalue weighted by molar-refractivity contribution is -0.143. The maximum absolute atomic E-state index is 12.5. The first-order chi connectivity index (χ1) is 40.5. The van der Waals surface area contributed by atoms with Gasteiger partial charge >= 0.3 is 5.97 Å². The largest absolute Gasteiger partial charge is 0.466 e. The molecule has 0 aromatic heterocycles. The fraction of sp³-hybridized carbons (Fsp3) is 0.921. The number of hydrogen-bond donors (Lipinski definition) is 3. The molecule has 6 heteroatoms. The molecule has 486 valence electrons. The van der Waals surface area contributed by atoms with Crippen molar-refractivity contribution in [3.05, 3.63) is 24.3 Å². The summed E-state index contributed by atoms with van der Waals surface area (Å²) in [5.74, 6) is -0.0180. The second-order valence-corrected chi connectivity index (χ2v) is 26.0. The van der Waals surface area contributed by atoms with Crippen LogP contribution in [0.1, 0.15) is 425 Å². The highest BCUT2D eigenvalue weighted by atomic mass is 16.5. The van der Waals surface area contributed by atoms with Crippen LogP contribution < -0.4 is 5.32 Å². The number of unbranched alkanes of at least 4 members (excludes halogenated alkanes) is 56. The number of esters is 1. The summed E-state index contributed by atoms with van der Waals surface area (Å²) >= 11 is 0. The third-order valence-electron chi connectivity index (χ3n) is 17.8. The third kappa shape index (κ3) is 67.5. The van der Waals surface area contributed by atoms with Crippen molar-refractivity contribution in [3.63, 3.8) is 0 Å². The molecule has 0 bridgehead atoms. The Morgan fingerprint density at radius 2 is 0.610 bits per heavy atom. The van der Waals surface area contributed by atoms with Gasteiger partial charge in [0.15, 0.2) is 0 Å². The van der Waals surface area contributed by atoms with Crippen molar-refractivity contribution in [2.24, 2.45) is 0 Å². The van der Waals surface area contributed by atoms with E-state index in [0.717, 1.165) is 51.4 Å². The minimum atomic E-state index is -0.661. The zero-order chi connectivity index (χ0) is 59.2. The highest BCUT2D eigenvalue weighted by Crippen LogP contribution is 2.20. The Bertz CT molecular complexity index is 1280. The van der Waals surface area contributed by atoms with Crippen molar-refractivity contribution in [3.8, 4) is 0 Å². The molecule has 0 aromatic carbocycles. The van der Waals surface area contributed by atoms with E-state index in [-0.39, 0.29) is 18.5 Å². The van der Waals surface area contributed by atoms with Crippen LogP contribution in [-0.4, -0.2) is 47.4 Å². The number of ether oxygens (including phenoxy) is 1. The van der Waals surface area contributed by atoms with Gasteiger partial charge in [-0.3, -0.25) is 9.59 Å². The van der Waals surface area contributed by atoms with E-state index in [9.17, 15) is 19.8 Å². The summed E-state index contributed by atoms with van der Waals surface area (Å²) in [5.41, 5.74) is 0. The number of rotatable bonds is 71. The Hall–Kier alpha value is -1.66. The molecule has 0 saturated heterocycles. The first kappa shape index (κ1) is 80.3. The van der Waals surface area contributed by atoms with Gasteiger partial charge in [0.05, 0.1) is 25.4 Å². The molecule has 0 saturated carbocycles. The van der Waals surface area contributed by atoms with Crippen molar-refractivity contribution in [2.45, 2.75) is 437 Å². The van der Waals surface area contributed by atoms with Crippen LogP contribution in [0.15, 0.2) is 24.3 Å². The fourth-order valence-electron chi connectivity index (χ4n) is 12.0. The third-order valence-corrected chi connectivity index (χ3v) is 17.8. The fourth-order valence-corrected chi connectivity index (χ4v) is 12.0. The first-order valence-electron chi connectivity index (χ1n) is 37.6. The highest BCUT2D eigenvalue weighted by Gasteiger charge is 2.20. The van der Waals surface area contributed by atoms with Crippen molar-refractivity contribution in [1.82, 2.24) is 5.32 Å². The monoisotopic (exact) mass is 1150 g/mol. The van der Waals surface area contributed by atoms with Crippen molar-refractivity contribution in [1.29, 1.82) is 0 Å². The number of aliphatic hydroxyl groups is 2. The van der Waals surface area contributed by atoms with Gasteiger partial charge in [-0.2, -0.15) is 0 Å². The molecule has 2 unspecified atom stereocenters. The number of aliphatic hydroxyl groups excluding tert-OH is 2. The molecule has 0 aliphatic rings. The van der Waals surface area contributed by atoms with Gasteiger partial charge in [0, 0.05) is 12.8 Å². The summed E-state index contributed by atoms with van der Waals surface area (Å²) in [5, 5.41) is 23.4. The van der Waals surface area contributed by atoms with E-state index in [1.165, 1.54) is 340 Å².